The van der Waals surface area contributed by atoms with E-state index in [2.05, 4.69) is 30.9 Å². The largest absolute Gasteiger partial charge is 0.497 e. The molecule has 0 fully saturated rings. The molecule has 1 unspecified atom stereocenters. The third kappa shape index (κ3) is 9.17. The van der Waals surface area contributed by atoms with E-state index in [1.54, 1.807) is 37.5 Å². The average molecular weight is 775 g/mol. The number of halogens is 3. The highest BCUT2D eigenvalue weighted by Crippen LogP contribution is 2.56. The monoisotopic (exact) mass is 774 g/mol. The summed E-state index contributed by atoms with van der Waals surface area (Å²) in [5.41, 5.74) is -2.28. The Bertz CT molecular complexity index is 2210. The molecule has 0 N–H and O–H groups in total. The lowest BCUT2D eigenvalue weighted by Crippen LogP contribution is -2.43. The van der Waals surface area contributed by atoms with Crippen molar-refractivity contribution in [1.82, 2.24) is 0 Å². The number of anilines is 1. The Labute approximate surface area is 330 Å². The summed E-state index contributed by atoms with van der Waals surface area (Å²) < 4.78 is 62.8. The van der Waals surface area contributed by atoms with Crippen molar-refractivity contribution >= 4 is 35.3 Å². The number of unbranched alkanes of at least 4 members (excludes halogenated alkanes) is 2. The molecule has 7 nitrogen and oxygen atoms in total. The molecule has 0 saturated carbocycles. The first-order chi connectivity index (χ1) is 27.1. The SMILES string of the molecule is CCCCN(CCCC)c1ccc(/C=C/c2ccc(/C=C/C3=C(C#N)C(=C(C#N)C#N)OC3(c3ccccc3)C(F)(F)F)s2)c(OCc2ccc(OC)cc2)c1. The predicted molar refractivity (Wildman–Crippen MR) is 214 cm³/mol. The first-order valence-electron chi connectivity index (χ1n) is 18.2. The fourth-order valence-electron chi connectivity index (χ4n) is 6.25. The van der Waals surface area contributed by atoms with Gasteiger partial charge in [0.25, 0.3) is 5.60 Å². The van der Waals surface area contributed by atoms with Crippen LogP contribution in [0.4, 0.5) is 18.9 Å². The van der Waals surface area contributed by atoms with E-state index >= 15 is 13.2 Å². The molecule has 0 saturated heterocycles. The Morgan fingerprint density at radius 1 is 0.839 bits per heavy atom. The highest BCUT2D eigenvalue weighted by Gasteiger charge is 2.65. The summed E-state index contributed by atoms with van der Waals surface area (Å²) in [6.45, 7) is 6.60. The number of hydrogen-bond acceptors (Lipinski definition) is 8. The topological polar surface area (TPSA) is 102 Å². The van der Waals surface area contributed by atoms with Crippen LogP contribution in [0.15, 0.2) is 113 Å². The van der Waals surface area contributed by atoms with Crippen LogP contribution in [0.25, 0.3) is 18.2 Å². The Morgan fingerprint density at radius 2 is 1.48 bits per heavy atom. The van der Waals surface area contributed by atoms with Crippen molar-refractivity contribution in [1.29, 1.82) is 15.8 Å². The normalized spacial score (nSPS) is 15.4. The maximum atomic E-state index is 15.2. The smallest absolute Gasteiger partial charge is 0.437 e. The predicted octanol–water partition coefficient (Wildman–Crippen LogP) is 11.5. The quantitative estimate of drug-likeness (QED) is 0.104. The number of nitrogens with zero attached hydrogens (tertiary/aromatic N) is 4. The van der Waals surface area contributed by atoms with Crippen LogP contribution in [0.1, 0.15) is 66.0 Å². The van der Waals surface area contributed by atoms with Gasteiger partial charge in [-0.2, -0.15) is 29.0 Å². The molecular formula is C45H41F3N4O3S. The summed E-state index contributed by atoms with van der Waals surface area (Å²) in [5.74, 6) is 0.766. The Hall–Kier alpha value is -6.22. The minimum absolute atomic E-state index is 0.296. The minimum atomic E-state index is -5.07. The van der Waals surface area contributed by atoms with E-state index in [1.165, 1.54) is 47.8 Å². The number of alkyl halides is 3. The number of methoxy groups -OCH3 is 1. The lowest BCUT2D eigenvalue weighted by molar-refractivity contribution is -0.249. The lowest BCUT2D eigenvalue weighted by Gasteiger charge is -2.33. The summed E-state index contributed by atoms with van der Waals surface area (Å²) in [7, 11) is 1.62. The van der Waals surface area contributed by atoms with Crippen LogP contribution >= 0.6 is 11.3 Å². The fourth-order valence-corrected chi connectivity index (χ4v) is 7.07. The van der Waals surface area contributed by atoms with E-state index in [1.807, 2.05) is 48.6 Å². The number of rotatable bonds is 16. The molecule has 0 amide bonds. The van der Waals surface area contributed by atoms with Gasteiger partial charge in [0, 0.05) is 51.3 Å². The van der Waals surface area contributed by atoms with E-state index in [4.69, 9.17) is 14.2 Å². The van der Waals surface area contributed by atoms with Crippen molar-refractivity contribution in [2.45, 2.75) is 57.9 Å². The molecule has 0 aliphatic carbocycles. The van der Waals surface area contributed by atoms with Crippen LogP contribution < -0.4 is 14.4 Å². The maximum absolute atomic E-state index is 15.2. The summed E-state index contributed by atoms with van der Waals surface area (Å²) >= 11 is 1.33. The number of benzene rings is 3. The standard InChI is InChI=1S/C45H41F3N4O3S/c1-4-6-25-52(26-7-5-2)36-17-15-33(42(27-36)54-31-32-13-18-37(53-3)19-14-32)16-20-38-21-22-39(56-38)23-24-41-40(30-51)43(34(28-49)29-50)55-44(41,45(46,47)48)35-11-9-8-10-12-35/h8-24,27H,4-7,25-26,31H2,1-3H3/b20-16+,24-23+. The van der Waals surface area contributed by atoms with Gasteiger partial charge in [0.05, 0.1) is 7.11 Å². The summed E-state index contributed by atoms with van der Waals surface area (Å²) in [4.78, 5) is 3.82. The van der Waals surface area contributed by atoms with Crippen molar-refractivity contribution in [3.05, 3.63) is 140 Å². The van der Waals surface area contributed by atoms with Crippen LogP contribution in [0.5, 0.6) is 11.5 Å². The van der Waals surface area contributed by atoms with Crippen molar-refractivity contribution in [3.8, 4) is 29.7 Å². The zero-order chi connectivity index (χ0) is 40.1. The van der Waals surface area contributed by atoms with Crippen LogP contribution in [-0.2, 0) is 16.9 Å². The molecule has 0 spiro atoms. The van der Waals surface area contributed by atoms with Gasteiger partial charge in [-0.05, 0) is 73.0 Å². The van der Waals surface area contributed by atoms with Gasteiger partial charge in [-0.3, -0.25) is 0 Å². The second kappa shape index (κ2) is 18.9. The van der Waals surface area contributed by atoms with Crippen molar-refractivity contribution in [3.63, 3.8) is 0 Å². The molecule has 3 aromatic carbocycles. The van der Waals surface area contributed by atoms with Gasteiger partial charge < -0.3 is 19.1 Å². The van der Waals surface area contributed by atoms with E-state index in [0.29, 0.717) is 17.2 Å². The van der Waals surface area contributed by atoms with Crippen molar-refractivity contribution in [2.24, 2.45) is 0 Å². The highest BCUT2D eigenvalue weighted by atomic mass is 32.1. The Kier molecular flexibility index (Phi) is 13.8. The van der Waals surface area contributed by atoms with Gasteiger partial charge in [-0.15, -0.1) is 11.3 Å². The Morgan fingerprint density at radius 3 is 2.05 bits per heavy atom. The third-order valence-corrected chi connectivity index (χ3v) is 10.3. The molecule has 5 rings (SSSR count). The zero-order valence-corrected chi connectivity index (χ0v) is 32.2. The van der Waals surface area contributed by atoms with Gasteiger partial charge in [0.2, 0.25) is 0 Å². The van der Waals surface area contributed by atoms with Crippen molar-refractivity contribution < 1.29 is 27.4 Å². The van der Waals surface area contributed by atoms with Gasteiger partial charge in [0.15, 0.2) is 11.3 Å². The molecule has 0 bridgehead atoms. The molecule has 4 aromatic rings. The van der Waals surface area contributed by atoms with Crippen molar-refractivity contribution in [2.75, 3.05) is 25.1 Å². The molecule has 286 valence electrons. The molecule has 56 heavy (non-hydrogen) atoms. The molecular weight excluding hydrogens is 734 g/mol. The molecule has 1 aliphatic rings. The molecule has 1 aliphatic heterocycles. The second-order valence-corrected chi connectivity index (χ2v) is 14.1. The van der Waals surface area contributed by atoms with Crippen LogP contribution in [0.2, 0.25) is 0 Å². The molecule has 0 radical (unpaired) electrons. The van der Waals surface area contributed by atoms with Gasteiger partial charge in [-0.25, -0.2) is 0 Å². The number of ether oxygens (including phenoxy) is 3. The third-order valence-electron chi connectivity index (χ3n) is 9.24. The zero-order valence-electron chi connectivity index (χ0n) is 31.4. The summed E-state index contributed by atoms with van der Waals surface area (Å²) in [5, 5.41) is 29.1. The van der Waals surface area contributed by atoms with Gasteiger partial charge >= 0.3 is 6.18 Å². The van der Waals surface area contributed by atoms with E-state index in [-0.39, 0.29) is 5.56 Å². The minimum Gasteiger partial charge on any atom is -0.497 e. The fraction of sp³-hybridized carbons (Fsp3) is 0.267. The second-order valence-electron chi connectivity index (χ2n) is 12.9. The van der Waals surface area contributed by atoms with Gasteiger partial charge in [-0.1, -0.05) is 75.2 Å². The molecule has 2 heterocycles. The van der Waals surface area contributed by atoms with Crippen LogP contribution in [0, 0.1) is 34.0 Å². The lowest BCUT2D eigenvalue weighted by atomic mass is 9.84. The summed E-state index contributed by atoms with van der Waals surface area (Å²) in [6.07, 6.45) is 5.78. The number of hydrogen-bond donors (Lipinski definition) is 0. The number of nitriles is 3. The molecule has 1 atom stereocenters. The molecule has 11 heteroatoms. The first-order valence-corrected chi connectivity index (χ1v) is 19.1. The van der Waals surface area contributed by atoms with E-state index in [0.717, 1.165) is 66.2 Å². The van der Waals surface area contributed by atoms with E-state index < -0.39 is 34.3 Å². The first kappa shape index (κ1) is 41.0. The van der Waals surface area contributed by atoms with Crippen LogP contribution in [0.3, 0.4) is 0 Å². The number of thiophene rings is 1. The molecule has 1 aromatic heterocycles. The van der Waals surface area contributed by atoms with Gasteiger partial charge in [0.1, 0.15) is 41.9 Å². The average Bonchev–Trinajstić information content (AvgIpc) is 3.82. The van der Waals surface area contributed by atoms with E-state index in [9.17, 15) is 15.8 Å². The highest BCUT2D eigenvalue weighted by molar-refractivity contribution is 7.13. The number of allylic oxidation sites excluding steroid dienone is 2. The maximum Gasteiger partial charge on any atom is 0.437 e. The Balaban J connectivity index is 1.49. The summed E-state index contributed by atoms with van der Waals surface area (Å²) in [6, 6.07) is 29.3. The van der Waals surface area contributed by atoms with Crippen LogP contribution in [-0.4, -0.2) is 26.4 Å².